The van der Waals surface area contributed by atoms with Crippen LogP contribution < -0.4 is 10.0 Å². The number of hydrogen-bond acceptors (Lipinski definition) is 5. The van der Waals surface area contributed by atoms with Gasteiger partial charge in [-0.25, -0.2) is 18.1 Å². The number of nitrogens with one attached hydrogen (secondary N) is 2. The van der Waals surface area contributed by atoms with Crippen LogP contribution in [0.4, 0.5) is 5.82 Å². The van der Waals surface area contributed by atoms with Gasteiger partial charge in [0.15, 0.2) is 0 Å². The molecule has 2 heterocycles. The van der Waals surface area contributed by atoms with Crippen LogP contribution in [0.2, 0.25) is 0 Å². The molecule has 1 saturated heterocycles. The van der Waals surface area contributed by atoms with Crippen LogP contribution in [0.15, 0.2) is 23.2 Å². The molecule has 1 unspecified atom stereocenters. The largest absolute Gasteiger partial charge is 0.370 e. The van der Waals surface area contributed by atoms with Gasteiger partial charge < -0.3 is 5.32 Å². The molecule has 2 rings (SSSR count). The molecule has 1 atom stereocenters. The van der Waals surface area contributed by atoms with E-state index in [9.17, 15) is 8.42 Å². The second kappa shape index (κ2) is 7.20. The first-order valence-corrected chi connectivity index (χ1v) is 8.95. The molecule has 1 aliphatic heterocycles. The number of hydrogen-bond donors (Lipinski definition) is 2. The van der Waals surface area contributed by atoms with Crippen molar-refractivity contribution in [1.29, 1.82) is 0 Å². The standard InChI is InChI=1S/C14H24N4O2S/c1-3-15-14-10-13(6-7-16-14)21(19,20)17-11-12(2)18-8-4-5-9-18/h6-7,10,12,17H,3-5,8-9,11H2,1-2H3,(H,15,16). The van der Waals surface area contributed by atoms with E-state index in [0.717, 1.165) is 13.1 Å². The van der Waals surface area contributed by atoms with Gasteiger partial charge in [0.25, 0.3) is 0 Å². The van der Waals surface area contributed by atoms with Gasteiger partial charge in [0.1, 0.15) is 5.82 Å². The molecule has 1 fully saturated rings. The predicted octanol–water partition coefficient (Wildman–Crippen LogP) is 1.28. The first-order chi connectivity index (χ1) is 10.0. The van der Waals surface area contributed by atoms with Crippen molar-refractivity contribution < 1.29 is 8.42 Å². The van der Waals surface area contributed by atoms with Gasteiger partial charge in [0.2, 0.25) is 10.0 Å². The molecule has 0 bridgehead atoms. The molecule has 0 aliphatic carbocycles. The molecule has 1 aromatic heterocycles. The second-order valence-electron chi connectivity index (χ2n) is 5.35. The van der Waals surface area contributed by atoms with Crippen LogP contribution in [0.5, 0.6) is 0 Å². The lowest BCUT2D eigenvalue weighted by Gasteiger charge is -2.23. The Balaban J connectivity index is 1.99. The summed E-state index contributed by atoms with van der Waals surface area (Å²) in [6, 6.07) is 3.30. The minimum Gasteiger partial charge on any atom is -0.370 e. The van der Waals surface area contributed by atoms with E-state index in [1.165, 1.54) is 25.1 Å². The molecule has 1 aliphatic rings. The van der Waals surface area contributed by atoms with Crippen molar-refractivity contribution >= 4 is 15.8 Å². The Morgan fingerprint density at radius 1 is 1.38 bits per heavy atom. The lowest BCUT2D eigenvalue weighted by molar-refractivity contribution is 0.260. The number of likely N-dealkylation sites (tertiary alicyclic amines) is 1. The number of sulfonamides is 1. The first-order valence-electron chi connectivity index (χ1n) is 7.46. The molecule has 0 amide bonds. The highest BCUT2D eigenvalue weighted by atomic mass is 32.2. The number of anilines is 1. The Morgan fingerprint density at radius 2 is 2.10 bits per heavy atom. The molecule has 1 aromatic rings. The maximum Gasteiger partial charge on any atom is 0.240 e. The maximum atomic E-state index is 12.3. The van der Waals surface area contributed by atoms with E-state index >= 15 is 0 Å². The summed E-state index contributed by atoms with van der Waals surface area (Å²) in [6.07, 6.45) is 3.91. The lowest BCUT2D eigenvalue weighted by Crippen LogP contribution is -2.40. The highest BCUT2D eigenvalue weighted by Gasteiger charge is 2.21. The quantitative estimate of drug-likeness (QED) is 0.793. The van der Waals surface area contributed by atoms with E-state index in [1.807, 2.05) is 6.92 Å². The topological polar surface area (TPSA) is 74.3 Å². The minimum atomic E-state index is -3.48. The molecule has 0 radical (unpaired) electrons. The summed E-state index contributed by atoms with van der Waals surface area (Å²) in [5, 5.41) is 3.02. The van der Waals surface area contributed by atoms with Crippen molar-refractivity contribution in [3.05, 3.63) is 18.3 Å². The monoisotopic (exact) mass is 312 g/mol. The average molecular weight is 312 g/mol. The van der Waals surface area contributed by atoms with Crippen molar-refractivity contribution in [3.8, 4) is 0 Å². The third kappa shape index (κ3) is 4.39. The van der Waals surface area contributed by atoms with Gasteiger partial charge in [-0.05, 0) is 45.8 Å². The van der Waals surface area contributed by atoms with Crippen molar-refractivity contribution in [3.63, 3.8) is 0 Å². The second-order valence-corrected chi connectivity index (χ2v) is 7.12. The average Bonchev–Trinajstić information content (AvgIpc) is 3.00. The maximum absolute atomic E-state index is 12.3. The SMILES string of the molecule is CCNc1cc(S(=O)(=O)NCC(C)N2CCCC2)ccn1. The van der Waals surface area contributed by atoms with Crippen LogP contribution in [-0.2, 0) is 10.0 Å². The summed E-state index contributed by atoms with van der Waals surface area (Å²) in [5.41, 5.74) is 0. The van der Waals surface area contributed by atoms with Crippen LogP contribution in [0, 0.1) is 0 Å². The number of aromatic nitrogens is 1. The van der Waals surface area contributed by atoms with E-state index in [1.54, 1.807) is 6.07 Å². The Bertz CT molecular complexity index is 556. The Labute approximate surface area is 127 Å². The zero-order valence-electron chi connectivity index (χ0n) is 12.7. The fourth-order valence-corrected chi connectivity index (χ4v) is 3.62. The number of nitrogens with zero attached hydrogens (tertiary/aromatic N) is 2. The fourth-order valence-electron chi connectivity index (χ4n) is 2.48. The van der Waals surface area contributed by atoms with Gasteiger partial charge in [-0.15, -0.1) is 0 Å². The number of rotatable bonds is 7. The Hall–Kier alpha value is -1.18. The van der Waals surface area contributed by atoms with Gasteiger partial charge in [-0.2, -0.15) is 0 Å². The third-order valence-corrected chi connectivity index (χ3v) is 5.15. The summed E-state index contributed by atoms with van der Waals surface area (Å²) in [7, 11) is -3.48. The summed E-state index contributed by atoms with van der Waals surface area (Å²) in [5.74, 6) is 0.577. The normalized spacial score (nSPS) is 17.8. The molecule has 2 N–H and O–H groups in total. The van der Waals surface area contributed by atoms with Crippen LogP contribution in [-0.4, -0.2) is 50.5 Å². The smallest absolute Gasteiger partial charge is 0.240 e. The highest BCUT2D eigenvalue weighted by molar-refractivity contribution is 7.89. The summed E-state index contributed by atoms with van der Waals surface area (Å²) in [6.45, 7) is 7.26. The van der Waals surface area contributed by atoms with Gasteiger partial charge in [0, 0.05) is 31.4 Å². The third-order valence-electron chi connectivity index (χ3n) is 3.73. The minimum absolute atomic E-state index is 0.220. The van der Waals surface area contributed by atoms with Crippen LogP contribution in [0.1, 0.15) is 26.7 Å². The Kier molecular flexibility index (Phi) is 5.55. The number of pyridine rings is 1. The van der Waals surface area contributed by atoms with Gasteiger partial charge in [-0.1, -0.05) is 0 Å². The van der Waals surface area contributed by atoms with Crippen molar-refractivity contribution in [2.45, 2.75) is 37.6 Å². The van der Waals surface area contributed by atoms with E-state index in [4.69, 9.17) is 0 Å². The molecule has 0 spiro atoms. The Morgan fingerprint density at radius 3 is 2.76 bits per heavy atom. The zero-order valence-corrected chi connectivity index (χ0v) is 13.5. The van der Waals surface area contributed by atoms with Gasteiger partial charge in [0.05, 0.1) is 4.90 Å². The van der Waals surface area contributed by atoms with Crippen LogP contribution in [0.25, 0.3) is 0 Å². The summed E-state index contributed by atoms with van der Waals surface area (Å²) >= 11 is 0. The van der Waals surface area contributed by atoms with Crippen LogP contribution in [0.3, 0.4) is 0 Å². The van der Waals surface area contributed by atoms with E-state index in [-0.39, 0.29) is 10.9 Å². The van der Waals surface area contributed by atoms with Crippen molar-refractivity contribution in [1.82, 2.24) is 14.6 Å². The lowest BCUT2D eigenvalue weighted by atomic mass is 10.3. The van der Waals surface area contributed by atoms with E-state index in [0.29, 0.717) is 18.9 Å². The van der Waals surface area contributed by atoms with Gasteiger partial charge in [-0.3, -0.25) is 4.90 Å². The van der Waals surface area contributed by atoms with Gasteiger partial charge >= 0.3 is 0 Å². The summed E-state index contributed by atoms with van der Waals surface area (Å²) < 4.78 is 27.3. The first kappa shape index (κ1) is 16.2. The summed E-state index contributed by atoms with van der Waals surface area (Å²) in [4.78, 5) is 6.66. The van der Waals surface area contributed by atoms with E-state index in [2.05, 4.69) is 26.8 Å². The zero-order chi connectivity index (χ0) is 15.3. The fraction of sp³-hybridized carbons (Fsp3) is 0.643. The predicted molar refractivity (Wildman–Crippen MR) is 83.9 cm³/mol. The molecule has 118 valence electrons. The molecule has 7 heteroatoms. The molecule has 0 saturated carbocycles. The molecular formula is C14H24N4O2S. The van der Waals surface area contributed by atoms with Crippen LogP contribution >= 0.6 is 0 Å². The van der Waals surface area contributed by atoms with E-state index < -0.39 is 10.0 Å². The molecule has 6 nitrogen and oxygen atoms in total. The molecule has 21 heavy (non-hydrogen) atoms. The molecular weight excluding hydrogens is 288 g/mol. The highest BCUT2D eigenvalue weighted by Crippen LogP contribution is 2.14. The molecule has 0 aromatic carbocycles. The van der Waals surface area contributed by atoms with Crippen molar-refractivity contribution in [2.24, 2.45) is 0 Å². The van der Waals surface area contributed by atoms with Crippen molar-refractivity contribution in [2.75, 3.05) is 31.5 Å².